The van der Waals surface area contributed by atoms with Crippen LogP contribution in [0.2, 0.25) is 0 Å². The third kappa shape index (κ3) is 48.7. The van der Waals surface area contributed by atoms with E-state index in [1.165, 1.54) is 51.4 Å². The van der Waals surface area contributed by atoms with Gasteiger partial charge in [0.05, 0.1) is 0 Å². The second-order valence-electron chi connectivity index (χ2n) is 16.0. The molecule has 0 N–H and O–H groups in total. The van der Waals surface area contributed by atoms with Crippen LogP contribution in [0.25, 0.3) is 0 Å². The summed E-state index contributed by atoms with van der Waals surface area (Å²) >= 11 is 0. The molecule has 354 valence electrons. The molecule has 0 aliphatic carbocycles. The molecule has 0 aliphatic rings. The Morgan fingerprint density at radius 2 is 0.651 bits per heavy atom. The van der Waals surface area contributed by atoms with Crippen LogP contribution in [0.4, 0.5) is 0 Å². The summed E-state index contributed by atoms with van der Waals surface area (Å²) in [5.74, 6) is -1.07. The van der Waals surface area contributed by atoms with Crippen molar-refractivity contribution < 1.29 is 28.6 Å². The number of carbonyl (C=O) groups is 3. The van der Waals surface area contributed by atoms with Crippen LogP contribution in [-0.4, -0.2) is 37.2 Å². The number of hydrogen-bond acceptors (Lipinski definition) is 6. The Morgan fingerprint density at radius 3 is 1.06 bits per heavy atom. The van der Waals surface area contributed by atoms with Crippen LogP contribution in [0, 0.1) is 0 Å². The van der Waals surface area contributed by atoms with Crippen molar-refractivity contribution in [3.8, 4) is 0 Å². The zero-order valence-corrected chi connectivity index (χ0v) is 40.3. The molecule has 0 bridgehead atoms. The zero-order valence-electron chi connectivity index (χ0n) is 40.3. The molecule has 0 radical (unpaired) electrons. The quantitative estimate of drug-likeness (QED) is 0.0263. The highest BCUT2D eigenvalue weighted by atomic mass is 16.6. The lowest BCUT2D eigenvalue weighted by atomic mass is 10.1. The smallest absolute Gasteiger partial charge is 0.306 e. The first-order valence-electron chi connectivity index (χ1n) is 25.0. The predicted octanol–water partition coefficient (Wildman–Crippen LogP) is 16.5. The minimum absolute atomic E-state index is 0.128. The number of esters is 3. The van der Waals surface area contributed by atoms with Crippen LogP contribution in [-0.2, 0) is 28.6 Å². The summed E-state index contributed by atoms with van der Waals surface area (Å²) in [4.78, 5) is 37.9. The Labute approximate surface area is 386 Å². The molecule has 0 aliphatic heterocycles. The van der Waals surface area contributed by atoms with Crippen molar-refractivity contribution in [3.05, 3.63) is 122 Å². The molecule has 0 heterocycles. The fourth-order valence-electron chi connectivity index (χ4n) is 6.24. The lowest BCUT2D eigenvalue weighted by Crippen LogP contribution is -2.30. The van der Waals surface area contributed by atoms with Gasteiger partial charge in [-0.3, -0.25) is 14.4 Å². The monoisotopic (exact) mass is 871 g/mol. The third-order valence-electron chi connectivity index (χ3n) is 9.94. The van der Waals surface area contributed by atoms with E-state index in [-0.39, 0.29) is 38.0 Å². The number of ether oxygens (including phenoxy) is 3. The van der Waals surface area contributed by atoms with Gasteiger partial charge in [-0.15, -0.1) is 0 Å². The Bertz CT molecular complexity index is 1370. The van der Waals surface area contributed by atoms with Gasteiger partial charge < -0.3 is 14.2 Å². The normalized spacial score (nSPS) is 13.1. The summed E-state index contributed by atoms with van der Waals surface area (Å²) in [7, 11) is 0. The van der Waals surface area contributed by atoms with E-state index in [4.69, 9.17) is 14.2 Å². The van der Waals surface area contributed by atoms with Crippen molar-refractivity contribution in [2.45, 2.75) is 207 Å². The molecule has 1 atom stereocenters. The van der Waals surface area contributed by atoms with Crippen LogP contribution in [0.3, 0.4) is 0 Å². The van der Waals surface area contributed by atoms with Crippen LogP contribution < -0.4 is 0 Å². The van der Waals surface area contributed by atoms with Crippen molar-refractivity contribution in [2.75, 3.05) is 13.2 Å². The first-order valence-corrected chi connectivity index (χ1v) is 25.0. The molecular formula is C57H90O6. The summed E-state index contributed by atoms with van der Waals surface area (Å²) in [6.45, 7) is 6.25. The van der Waals surface area contributed by atoms with Crippen molar-refractivity contribution in [2.24, 2.45) is 0 Å². The number of carbonyl (C=O) groups excluding carboxylic acids is 3. The topological polar surface area (TPSA) is 78.9 Å². The number of allylic oxidation sites excluding steroid dienone is 20. The lowest BCUT2D eigenvalue weighted by molar-refractivity contribution is -0.166. The first kappa shape index (κ1) is 58.8. The Kier molecular flexibility index (Phi) is 47.1. The lowest BCUT2D eigenvalue weighted by Gasteiger charge is -2.18. The minimum atomic E-state index is -0.839. The third-order valence-corrected chi connectivity index (χ3v) is 9.94. The Hall–Kier alpha value is -4.19. The molecule has 0 saturated carbocycles. The Balaban J connectivity index is 4.56. The van der Waals surface area contributed by atoms with E-state index in [0.29, 0.717) is 19.3 Å². The standard InChI is InChI=1S/C57H90O6/c1-4-7-10-13-16-19-22-25-27-29-31-32-35-38-41-44-47-50-56(59)62-53-54(52-61-55(58)49-46-43-40-37-34-24-21-18-15-12-9-6-3)63-57(60)51-48-45-42-39-36-33-30-28-26-23-20-17-14-11-8-5-2/h8-9,11-12,16-21,25-28,33-34,36-37,42,45,54H,4-7,10,13-15,22-24,29-32,35,38-41,43-44,46-53H2,1-3H3/b11-8-,12-9-,19-16-,20-17-,21-18-,27-25-,28-26-,36-33-,37-34-,45-42-. The Morgan fingerprint density at radius 1 is 0.333 bits per heavy atom. The SMILES string of the molecule is CC/C=C\C/C=C\C/C=C\C/C=C\C/C=C\CCC(=O)OC(COC(=O)CCCC/C=C\C/C=C\C/C=C\CC)COC(=O)CCCCCCCCC/C=C\C/C=C\CCCCC. The minimum Gasteiger partial charge on any atom is -0.462 e. The summed E-state index contributed by atoms with van der Waals surface area (Å²) in [5.41, 5.74) is 0. The van der Waals surface area contributed by atoms with Gasteiger partial charge in [0, 0.05) is 19.3 Å². The summed E-state index contributed by atoms with van der Waals surface area (Å²) in [5, 5.41) is 0. The second-order valence-corrected chi connectivity index (χ2v) is 16.0. The van der Waals surface area contributed by atoms with Gasteiger partial charge in [0.25, 0.3) is 0 Å². The first-order chi connectivity index (χ1) is 31.0. The van der Waals surface area contributed by atoms with Gasteiger partial charge in [0.2, 0.25) is 0 Å². The van der Waals surface area contributed by atoms with Crippen LogP contribution in [0.15, 0.2) is 122 Å². The van der Waals surface area contributed by atoms with Gasteiger partial charge in [-0.05, 0) is 116 Å². The molecule has 0 aromatic rings. The fraction of sp³-hybridized carbons (Fsp3) is 0.596. The zero-order chi connectivity index (χ0) is 45.8. The van der Waals surface area contributed by atoms with Crippen molar-refractivity contribution >= 4 is 17.9 Å². The molecule has 0 fully saturated rings. The van der Waals surface area contributed by atoms with Crippen molar-refractivity contribution in [1.29, 1.82) is 0 Å². The molecule has 6 nitrogen and oxygen atoms in total. The van der Waals surface area contributed by atoms with Crippen molar-refractivity contribution in [3.63, 3.8) is 0 Å². The summed E-state index contributed by atoms with van der Waals surface area (Å²) in [6.07, 6.45) is 69.1. The molecule has 63 heavy (non-hydrogen) atoms. The molecule has 0 rings (SSSR count). The highest BCUT2D eigenvalue weighted by Crippen LogP contribution is 2.12. The van der Waals surface area contributed by atoms with Crippen molar-refractivity contribution in [1.82, 2.24) is 0 Å². The highest BCUT2D eigenvalue weighted by Gasteiger charge is 2.19. The van der Waals surface area contributed by atoms with E-state index in [0.717, 1.165) is 96.3 Å². The molecule has 0 aromatic carbocycles. The maximum atomic E-state index is 12.7. The second kappa shape index (κ2) is 50.5. The van der Waals surface area contributed by atoms with Gasteiger partial charge in [-0.1, -0.05) is 187 Å². The van der Waals surface area contributed by atoms with Crippen LogP contribution in [0.5, 0.6) is 0 Å². The molecule has 6 heteroatoms. The van der Waals surface area contributed by atoms with Crippen LogP contribution in [0.1, 0.15) is 201 Å². The maximum Gasteiger partial charge on any atom is 0.306 e. The number of rotatable bonds is 43. The van der Waals surface area contributed by atoms with Crippen LogP contribution >= 0.6 is 0 Å². The van der Waals surface area contributed by atoms with E-state index >= 15 is 0 Å². The van der Waals surface area contributed by atoms with E-state index < -0.39 is 12.1 Å². The highest BCUT2D eigenvalue weighted by molar-refractivity contribution is 5.71. The van der Waals surface area contributed by atoms with E-state index in [1.54, 1.807) is 0 Å². The van der Waals surface area contributed by atoms with E-state index in [1.807, 2.05) is 12.2 Å². The van der Waals surface area contributed by atoms with Gasteiger partial charge >= 0.3 is 17.9 Å². The average Bonchev–Trinajstić information content (AvgIpc) is 3.28. The molecule has 0 spiro atoms. The molecule has 0 amide bonds. The molecule has 0 saturated heterocycles. The predicted molar refractivity (Wildman–Crippen MR) is 269 cm³/mol. The summed E-state index contributed by atoms with van der Waals surface area (Å²) < 4.78 is 16.7. The largest absolute Gasteiger partial charge is 0.462 e. The molecular weight excluding hydrogens is 781 g/mol. The summed E-state index contributed by atoms with van der Waals surface area (Å²) in [6, 6.07) is 0. The maximum absolute atomic E-state index is 12.7. The number of hydrogen-bond donors (Lipinski definition) is 0. The van der Waals surface area contributed by atoms with E-state index in [9.17, 15) is 14.4 Å². The van der Waals surface area contributed by atoms with E-state index in [2.05, 4.69) is 130 Å². The van der Waals surface area contributed by atoms with Gasteiger partial charge in [0.1, 0.15) is 13.2 Å². The fourth-order valence-corrected chi connectivity index (χ4v) is 6.24. The van der Waals surface area contributed by atoms with Gasteiger partial charge in [0.15, 0.2) is 6.10 Å². The average molecular weight is 871 g/mol. The molecule has 0 aromatic heterocycles. The number of unbranched alkanes of at least 4 members (excludes halogenated alkanes) is 12. The van der Waals surface area contributed by atoms with Gasteiger partial charge in [-0.2, -0.15) is 0 Å². The molecule has 1 unspecified atom stereocenters. The van der Waals surface area contributed by atoms with Gasteiger partial charge in [-0.25, -0.2) is 0 Å².